The molecule has 0 fully saturated rings. The lowest BCUT2D eigenvalue weighted by molar-refractivity contribution is 0.617. The number of hydrazine groups is 1. The predicted octanol–water partition coefficient (Wildman–Crippen LogP) is 1.06. The van der Waals surface area contributed by atoms with Crippen LogP contribution in [0.25, 0.3) is 0 Å². The third-order valence-electron chi connectivity index (χ3n) is 1.83. The fourth-order valence-corrected chi connectivity index (χ4v) is 1.13. The Morgan fingerprint density at radius 3 is 3.00 bits per heavy atom. The van der Waals surface area contributed by atoms with Crippen molar-refractivity contribution in [3.05, 3.63) is 12.0 Å². The van der Waals surface area contributed by atoms with E-state index in [0.717, 1.165) is 6.20 Å². The average molecular weight is 231 g/mol. The van der Waals surface area contributed by atoms with Crippen molar-refractivity contribution in [2.75, 3.05) is 23.5 Å². The Labute approximate surface area is 92.0 Å². The summed E-state index contributed by atoms with van der Waals surface area (Å²) in [7, 11) is 0. The molecule has 1 atom stereocenters. The maximum atomic E-state index is 13.2. The van der Waals surface area contributed by atoms with Gasteiger partial charge in [0, 0.05) is 11.8 Å². The molecule has 5 nitrogen and oxygen atoms in total. The van der Waals surface area contributed by atoms with Crippen molar-refractivity contribution in [3.63, 3.8) is 0 Å². The van der Waals surface area contributed by atoms with E-state index in [2.05, 4.69) is 20.7 Å². The Balaban J connectivity index is 2.66. The van der Waals surface area contributed by atoms with Crippen molar-refractivity contribution in [3.8, 4) is 0 Å². The first-order valence-electron chi connectivity index (χ1n) is 4.43. The number of halogens is 1. The van der Waals surface area contributed by atoms with E-state index in [0.29, 0.717) is 11.8 Å². The molecule has 15 heavy (non-hydrogen) atoms. The quantitative estimate of drug-likeness (QED) is 0.520. The standard InChI is InChI=1S/C8H14FN5S/c1-5(15-2)3-11-7-6(9)4-12-8(13-7)14-10/h4-5H,3,10H2,1-2H3,(H2,11,12,13,14). The summed E-state index contributed by atoms with van der Waals surface area (Å²) in [5.74, 6) is 4.99. The Bertz CT molecular complexity index is 322. The van der Waals surface area contributed by atoms with Crippen LogP contribution in [0.3, 0.4) is 0 Å². The third kappa shape index (κ3) is 3.52. The highest BCUT2D eigenvalue weighted by molar-refractivity contribution is 7.99. The van der Waals surface area contributed by atoms with Gasteiger partial charge in [-0.05, 0) is 6.26 Å². The van der Waals surface area contributed by atoms with Crippen molar-refractivity contribution in [1.29, 1.82) is 0 Å². The summed E-state index contributed by atoms with van der Waals surface area (Å²) >= 11 is 1.69. The molecule has 84 valence electrons. The van der Waals surface area contributed by atoms with Crippen LogP contribution in [0.15, 0.2) is 6.20 Å². The molecule has 0 saturated heterocycles. The van der Waals surface area contributed by atoms with Crippen LogP contribution in [0.1, 0.15) is 6.92 Å². The molecule has 0 saturated carbocycles. The Morgan fingerprint density at radius 2 is 2.40 bits per heavy atom. The zero-order valence-corrected chi connectivity index (χ0v) is 9.44. The minimum Gasteiger partial charge on any atom is -0.366 e. The first-order chi connectivity index (χ1) is 7.17. The maximum absolute atomic E-state index is 13.2. The number of nitrogens with zero attached hydrogens (tertiary/aromatic N) is 2. The van der Waals surface area contributed by atoms with Crippen LogP contribution in [0.5, 0.6) is 0 Å². The van der Waals surface area contributed by atoms with E-state index >= 15 is 0 Å². The van der Waals surface area contributed by atoms with Crippen molar-refractivity contribution in [2.24, 2.45) is 5.84 Å². The van der Waals surface area contributed by atoms with E-state index in [1.807, 2.05) is 13.2 Å². The summed E-state index contributed by atoms with van der Waals surface area (Å²) in [4.78, 5) is 7.49. The van der Waals surface area contributed by atoms with Gasteiger partial charge in [0.15, 0.2) is 11.6 Å². The van der Waals surface area contributed by atoms with Gasteiger partial charge in [-0.25, -0.2) is 15.2 Å². The number of hydrogen-bond acceptors (Lipinski definition) is 6. The molecule has 0 aliphatic rings. The Kier molecular flexibility index (Phi) is 4.57. The predicted molar refractivity (Wildman–Crippen MR) is 61.3 cm³/mol. The van der Waals surface area contributed by atoms with Gasteiger partial charge < -0.3 is 5.32 Å². The molecule has 1 rings (SSSR count). The summed E-state index contributed by atoms with van der Waals surface area (Å²) in [5, 5.41) is 3.28. The summed E-state index contributed by atoms with van der Waals surface area (Å²) in [6.45, 7) is 2.68. The number of aromatic nitrogens is 2. The van der Waals surface area contributed by atoms with Crippen molar-refractivity contribution in [2.45, 2.75) is 12.2 Å². The zero-order valence-electron chi connectivity index (χ0n) is 8.62. The van der Waals surface area contributed by atoms with E-state index < -0.39 is 5.82 Å². The van der Waals surface area contributed by atoms with Crippen LogP contribution in [0, 0.1) is 5.82 Å². The second kappa shape index (κ2) is 5.72. The fourth-order valence-electron chi connectivity index (χ4n) is 0.884. The molecule has 1 aromatic rings. The molecule has 0 aromatic carbocycles. The lowest BCUT2D eigenvalue weighted by atomic mass is 10.4. The first kappa shape index (κ1) is 12.0. The molecular weight excluding hydrogens is 217 g/mol. The largest absolute Gasteiger partial charge is 0.366 e. The topological polar surface area (TPSA) is 75.9 Å². The summed E-state index contributed by atoms with van der Waals surface area (Å²) < 4.78 is 13.2. The molecular formula is C8H14FN5S. The lowest BCUT2D eigenvalue weighted by Gasteiger charge is -2.11. The van der Waals surface area contributed by atoms with Gasteiger partial charge in [-0.3, -0.25) is 5.43 Å². The third-order valence-corrected chi connectivity index (χ3v) is 2.80. The van der Waals surface area contributed by atoms with E-state index in [-0.39, 0.29) is 11.8 Å². The highest BCUT2D eigenvalue weighted by atomic mass is 32.2. The summed E-state index contributed by atoms with van der Waals surface area (Å²) in [6, 6.07) is 0. The molecule has 1 heterocycles. The van der Waals surface area contributed by atoms with Gasteiger partial charge in [-0.15, -0.1) is 0 Å². The van der Waals surface area contributed by atoms with E-state index in [9.17, 15) is 4.39 Å². The van der Waals surface area contributed by atoms with Crippen molar-refractivity contribution < 1.29 is 4.39 Å². The van der Waals surface area contributed by atoms with Gasteiger partial charge in [-0.2, -0.15) is 16.7 Å². The smallest absolute Gasteiger partial charge is 0.239 e. The summed E-state index contributed by atoms with van der Waals surface area (Å²) in [5.41, 5.74) is 2.26. The van der Waals surface area contributed by atoms with E-state index in [4.69, 9.17) is 5.84 Å². The number of hydrogen-bond donors (Lipinski definition) is 3. The molecule has 7 heteroatoms. The van der Waals surface area contributed by atoms with Gasteiger partial charge in [0.1, 0.15) is 0 Å². The van der Waals surface area contributed by atoms with Gasteiger partial charge in [0.25, 0.3) is 0 Å². The number of thioether (sulfide) groups is 1. The zero-order chi connectivity index (χ0) is 11.3. The van der Waals surface area contributed by atoms with Crippen LogP contribution in [-0.4, -0.2) is 28.0 Å². The van der Waals surface area contributed by atoms with E-state index in [1.54, 1.807) is 11.8 Å². The lowest BCUT2D eigenvalue weighted by Crippen LogP contribution is -2.17. The normalized spacial score (nSPS) is 12.3. The number of nitrogens with two attached hydrogens (primary N) is 1. The number of nitrogens with one attached hydrogen (secondary N) is 2. The fraction of sp³-hybridized carbons (Fsp3) is 0.500. The molecule has 1 unspecified atom stereocenters. The second-order valence-electron chi connectivity index (χ2n) is 2.96. The minimum absolute atomic E-state index is 0.166. The monoisotopic (exact) mass is 231 g/mol. The highest BCUT2D eigenvalue weighted by Crippen LogP contribution is 2.12. The molecule has 0 amide bonds. The molecule has 0 radical (unpaired) electrons. The number of rotatable bonds is 5. The van der Waals surface area contributed by atoms with Crippen LogP contribution in [0.2, 0.25) is 0 Å². The highest BCUT2D eigenvalue weighted by Gasteiger charge is 2.07. The first-order valence-corrected chi connectivity index (χ1v) is 5.72. The van der Waals surface area contributed by atoms with Gasteiger partial charge in [-0.1, -0.05) is 6.92 Å². The van der Waals surface area contributed by atoms with Gasteiger partial charge in [0.2, 0.25) is 5.95 Å². The summed E-state index contributed by atoms with van der Waals surface area (Å²) in [6.07, 6.45) is 3.07. The van der Waals surface area contributed by atoms with Crippen molar-refractivity contribution in [1.82, 2.24) is 9.97 Å². The minimum atomic E-state index is -0.484. The Hall–Kier alpha value is -1.08. The van der Waals surface area contributed by atoms with Crippen LogP contribution in [-0.2, 0) is 0 Å². The molecule has 1 aromatic heterocycles. The van der Waals surface area contributed by atoms with Gasteiger partial charge >= 0.3 is 0 Å². The molecule has 0 spiro atoms. The van der Waals surface area contributed by atoms with E-state index in [1.165, 1.54) is 0 Å². The number of anilines is 2. The Morgan fingerprint density at radius 1 is 1.67 bits per heavy atom. The molecule has 0 aliphatic heterocycles. The molecule has 0 aliphatic carbocycles. The number of nitrogen functional groups attached to an aromatic ring is 1. The maximum Gasteiger partial charge on any atom is 0.239 e. The molecule has 4 N–H and O–H groups in total. The van der Waals surface area contributed by atoms with Gasteiger partial charge in [0.05, 0.1) is 6.20 Å². The second-order valence-corrected chi connectivity index (χ2v) is 4.24. The molecule has 0 bridgehead atoms. The van der Waals surface area contributed by atoms with Crippen molar-refractivity contribution >= 4 is 23.5 Å². The van der Waals surface area contributed by atoms with Crippen LogP contribution in [0.4, 0.5) is 16.2 Å². The average Bonchev–Trinajstić information content (AvgIpc) is 2.27. The van der Waals surface area contributed by atoms with Crippen LogP contribution >= 0.6 is 11.8 Å². The SMILES string of the molecule is CSC(C)CNc1nc(NN)ncc1F. The van der Waals surface area contributed by atoms with Crippen LogP contribution < -0.4 is 16.6 Å².